The SMILES string of the molecule is Cc1cccc(C(=O)Nc2c(C(=O)c3ccccc3)[nH]c3cc(Cl)ccc23)c1. The van der Waals surface area contributed by atoms with Gasteiger partial charge in [-0.25, -0.2) is 0 Å². The highest BCUT2D eigenvalue weighted by Gasteiger charge is 2.21. The van der Waals surface area contributed by atoms with Crippen molar-refractivity contribution in [1.82, 2.24) is 4.98 Å². The summed E-state index contributed by atoms with van der Waals surface area (Å²) in [5.74, 6) is -0.478. The summed E-state index contributed by atoms with van der Waals surface area (Å²) in [4.78, 5) is 29.0. The van der Waals surface area contributed by atoms with Gasteiger partial charge in [-0.2, -0.15) is 0 Å². The molecular formula is C23H17ClN2O2. The van der Waals surface area contributed by atoms with E-state index in [9.17, 15) is 9.59 Å². The van der Waals surface area contributed by atoms with E-state index in [1.807, 2.05) is 25.1 Å². The molecule has 3 aromatic carbocycles. The molecule has 1 amide bonds. The van der Waals surface area contributed by atoms with Crippen LogP contribution in [0.25, 0.3) is 10.9 Å². The summed E-state index contributed by atoms with van der Waals surface area (Å²) in [5.41, 5.74) is 3.51. The van der Waals surface area contributed by atoms with Crippen LogP contribution in [-0.2, 0) is 0 Å². The molecule has 2 N–H and O–H groups in total. The number of amides is 1. The molecule has 0 aliphatic heterocycles. The molecule has 4 rings (SSSR count). The maximum atomic E-state index is 13.1. The van der Waals surface area contributed by atoms with Gasteiger partial charge in [0.25, 0.3) is 5.91 Å². The lowest BCUT2D eigenvalue weighted by Crippen LogP contribution is -2.15. The Balaban J connectivity index is 1.81. The Morgan fingerprint density at radius 2 is 1.64 bits per heavy atom. The highest BCUT2D eigenvalue weighted by atomic mass is 35.5. The van der Waals surface area contributed by atoms with Gasteiger partial charge >= 0.3 is 0 Å². The fourth-order valence-corrected chi connectivity index (χ4v) is 3.35. The minimum atomic E-state index is -0.276. The zero-order valence-corrected chi connectivity index (χ0v) is 15.9. The average molecular weight is 389 g/mol. The van der Waals surface area contributed by atoms with Gasteiger partial charge < -0.3 is 10.3 Å². The number of aryl methyl sites for hydroxylation is 1. The number of fused-ring (bicyclic) bond motifs is 1. The number of aromatic amines is 1. The molecule has 4 aromatic rings. The molecule has 0 aliphatic rings. The van der Waals surface area contributed by atoms with E-state index in [0.717, 1.165) is 10.9 Å². The largest absolute Gasteiger partial charge is 0.350 e. The fraction of sp³-hybridized carbons (Fsp3) is 0.0435. The molecule has 0 saturated carbocycles. The van der Waals surface area contributed by atoms with Crippen LogP contribution in [0.4, 0.5) is 5.69 Å². The number of rotatable bonds is 4. The third-order valence-electron chi connectivity index (χ3n) is 4.54. The first-order valence-corrected chi connectivity index (χ1v) is 9.20. The van der Waals surface area contributed by atoms with E-state index in [-0.39, 0.29) is 11.7 Å². The van der Waals surface area contributed by atoms with Crippen LogP contribution in [-0.4, -0.2) is 16.7 Å². The Labute approximate surface area is 167 Å². The number of halogens is 1. The van der Waals surface area contributed by atoms with Crippen molar-refractivity contribution in [1.29, 1.82) is 0 Å². The quantitative estimate of drug-likeness (QED) is 0.446. The minimum absolute atomic E-state index is 0.201. The molecule has 1 aromatic heterocycles. The highest BCUT2D eigenvalue weighted by Crippen LogP contribution is 2.31. The van der Waals surface area contributed by atoms with Crippen molar-refractivity contribution in [3.8, 4) is 0 Å². The van der Waals surface area contributed by atoms with Crippen molar-refractivity contribution in [2.75, 3.05) is 5.32 Å². The number of ketones is 1. The predicted octanol–water partition coefficient (Wildman–Crippen LogP) is 5.61. The molecule has 0 aliphatic carbocycles. The standard InChI is InChI=1S/C23H17ClN2O2/c1-14-6-5-9-16(12-14)23(28)26-20-18-11-10-17(24)13-19(18)25-21(20)22(27)15-7-3-2-4-8-15/h2-13,25H,1H3,(H,26,28). The van der Waals surface area contributed by atoms with Gasteiger partial charge in [0, 0.05) is 27.1 Å². The Hall–Kier alpha value is -3.37. The number of benzene rings is 3. The van der Waals surface area contributed by atoms with Crippen molar-refractivity contribution in [2.24, 2.45) is 0 Å². The number of nitrogens with one attached hydrogen (secondary N) is 2. The van der Waals surface area contributed by atoms with E-state index in [4.69, 9.17) is 11.6 Å². The molecule has 4 nitrogen and oxygen atoms in total. The minimum Gasteiger partial charge on any atom is -0.350 e. The number of H-pyrrole nitrogens is 1. The summed E-state index contributed by atoms with van der Waals surface area (Å²) < 4.78 is 0. The lowest BCUT2D eigenvalue weighted by atomic mass is 10.1. The second kappa shape index (κ2) is 7.33. The van der Waals surface area contributed by atoms with E-state index in [2.05, 4.69) is 10.3 Å². The Morgan fingerprint density at radius 3 is 2.39 bits per heavy atom. The van der Waals surface area contributed by atoms with Crippen molar-refractivity contribution in [2.45, 2.75) is 6.92 Å². The van der Waals surface area contributed by atoms with Crippen LogP contribution in [0.2, 0.25) is 5.02 Å². The third-order valence-corrected chi connectivity index (χ3v) is 4.78. The second-order valence-corrected chi connectivity index (χ2v) is 7.02. The lowest BCUT2D eigenvalue weighted by molar-refractivity contribution is 0.102. The maximum absolute atomic E-state index is 13.1. The molecule has 0 fully saturated rings. The molecule has 28 heavy (non-hydrogen) atoms. The van der Waals surface area contributed by atoms with Crippen LogP contribution in [0.5, 0.6) is 0 Å². The summed E-state index contributed by atoms with van der Waals surface area (Å²) in [6.45, 7) is 1.93. The number of carbonyl (C=O) groups is 2. The molecule has 0 bridgehead atoms. The van der Waals surface area contributed by atoms with Crippen molar-refractivity contribution in [3.05, 3.63) is 100 Å². The predicted molar refractivity (Wildman–Crippen MR) is 112 cm³/mol. The Morgan fingerprint density at radius 1 is 0.893 bits per heavy atom. The molecule has 1 heterocycles. The molecular weight excluding hydrogens is 372 g/mol. The van der Waals surface area contributed by atoms with Gasteiger partial charge in [-0.15, -0.1) is 0 Å². The van der Waals surface area contributed by atoms with Crippen molar-refractivity contribution in [3.63, 3.8) is 0 Å². The normalized spacial score (nSPS) is 10.8. The molecule has 0 radical (unpaired) electrons. The maximum Gasteiger partial charge on any atom is 0.255 e. The van der Waals surface area contributed by atoms with Gasteiger partial charge in [0.05, 0.1) is 5.69 Å². The summed E-state index contributed by atoms with van der Waals surface area (Å²) in [6.07, 6.45) is 0. The topological polar surface area (TPSA) is 62.0 Å². The monoisotopic (exact) mass is 388 g/mol. The number of carbonyl (C=O) groups excluding carboxylic acids is 2. The zero-order valence-electron chi connectivity index (χ0n) is 15.1. The molecule has 0 atom stereocenters. The van der Waals surface area contributed by atoms with Crippen LogP contribution in [0.1, 0.15) is 32.0 Å². The lowest BCUT2D eigenvalue weighted by Gasteiger charge is -2.08. The van der Waals surface area contributed by atoms with E-state index in [0.29, 0.717) is 33.0 Å². The first-order chi connectivity index (χ1) is 13.5. The Bertz CT molecular complexity index is 1200. The van der Waals surface area contributed by atoms with Crippen LogP contribution in [0.3, 0.4) is 0 Å². The number of aromatic nitrogens is 1. The van der Waals surface area contributed by atoms with Crippen LogP contribution in [0, 0.1) is 6.92 Å². The number of hydrogen-bond donors (Lipinski definition) is 2. The van der Waals surface area contributed by atoms with Gasteiger partial charge in [-0.1, -0.05) is 59.6 Å². The van der Waals surface area contributed by atoms with Crippen molar-refractivity contribution >= 4 is 39.9 Å². The number of hydrogen-bond acceptors (Lipinski definition) is 2. The fourth-order valence-electron chi connectivity index (χ4n) is 3.18. The van der Waals surface area contributed by atoms with E-state index in [1.165, 1.54) is 0 Å². The van der Waals surface area contributed by atoms with Gasteiger partial charge in [0.15, 0.2) is 0 Å². The Kier molecular flexibility index (Phi) is 4.72. The average Bonchev–Trinajstić information content (AvgIpc) is 3.05. The zero-order chi connectivity index (χ0) is 19.7. The van der Waals surface area contributed by atoms with E-state index >= 15 is 0 Å². The van der Waals surface area contributed by atoms with Crippen molar-refractivity contribution < 1.29 is 9.59 Å². The van der Waals surface area contributed by atoms with E-state index < -0.39 is 0 Å². The third kappa shape index (κ3) is 3.42. The first kappa shape index (κ1) is 18.0. The number of anilines is 1. The second-order valence-electron chi connectivity index (χ2n) is 6.58. The van der Waals surface area contributed by atoms with E-state index in [1.54, 1.807) is 54.6 Å². The van der Waals surface area contributed by atoms with Gasteiger partial charge in [-0.05, 0) is 37.3 Å². The highest BCUT2D eigenvalue weighted by molar-refractivity contribution is 6.31. The van der Waals surface area contributed by atoms with Gasteiger partial charge in [-0.3, -0.25) is 9.59 Å². The summed E-state index contributed by atoms with van der Waals surface area (Å²) in [7, 11) is 0. The van der Waals surface area contributed by atoms with Gasteiger partial charge in [0.1, 0.15) is 5.69 Å². The molecule has 0 saturated heterocycles. The van der Waals surface area contributed by atoms with Crippen LogP contribution < -0.4 is 5.32 Å². The summed E-state index contributed by atoms with van der Waals surface area (Å²) in [6, 6.07) is 21.5. The molecule has 138 valence electrons. The summed E-state index contributed by atoms with van der Waals surface area (Å²) in [5, 5.41) is 4.19. The first-order valence-electron chi connectivity index (χ1n) is 8.82. The molecule has 0 spiro atoms. The smallest absolute Gasteiger partial charge is 0.255 e. The van der Waals surface area contributed by atoms with Gasteiger partial charge in [0.2, 0.25) is 5.78 Å². The summed E-state index contributed by atoms with van der Waals surface area (Å²) >= 11 is 6.10. The van der Waals surface area contributed by atoms with Crippen LogP contribution >= 0.6 is 11.6 Å². The molecule has 0 unspecified atom stereocenters. The molecule has 5 heteroatoms. The van der Waals surface area contributed by atoms with Crippen LogP contribution in [0.15, 0.2) is 72.8 Å².